The molecule has 0 heterocycles. The fourth-order valence-electron chi connectivity index (χ4n) is 2.28. The van der Waals surface area contributed by atoms with E-state index in [0.717, 1.165) is 25.0 Å². The minimum Gasteiger partial charge on any atom is -0.497 e. The standard InChI is InChI=1S/C17H27N3O3/c1-4-18-17(19-10-12-5-6-12)20-11-15(21)14-9-13(22-2)7-8-16(14)23-3/h7-9,12,15,21H,4-6,10-11H2,1-3H3,(H2,18,19,20). The molecule has 1 atom stereocenters. The van der Waals surface area contributed by atoms with Crippen molar-refractivity contribution in [2.24, 2.45) is 10.9 Å². The van der Waals surface area contributed by atoms with E-state index in [2.05, 4.69) is 15.6 Å². The topological polar surface area (TPSA) is 75.1 Å². The van der Waals surface area contributed by atoms with Gasteiger partial charge in [0.1, 0.15) is 17.6 Å². The van der Waals surface area contributed by atoms with Gasteiger partial charge in [-0.15, -0.1) is 0 Å². The number of hydrogen-bond acceptors (Lipinski definition) is 4. The van der Waals surface area contributed by atoms with Crippen LogP contribution in [0.4, 0.5) is 0 Å². The second-order valence-electron chi connectivity index (χ2n) is 5.67. The van der Waals surface area contributed by atoms with E-state index in [1.165, 1.54) is 12.8 Å². The minimum atomic E-state index is -0.753. The first-order valence-electron chi connectivity index (χ1n) is 8.10. The zero-order chi connectivity index (χ0) is 16.7. The van der Waals surface area contributed by atoms with E-state index in [1.807, 2.05) is 6.92 Å². The number of rotatable bonds is 8. The summed E-state index contributed by atoms with van der Waals surface area (Å²) in [6.07, 6.45) is 1.82. The quantitative estimate of drug-likeness (QED) is 0.502. The number of methoxy groups -OCH3 is 2. The van der Waals surface area contributed by atoms with Crippen LogP contribution in [0.3, 0.4) is 0 Å². The lowest BCUT2D eigenvalue weighted by Gasteiger charge is -2.16. The summed E-state index contributed by atoms with van der Waals surface area (Å²) in [7, 11) is 3.18. The van der Waals surface area contributed by atoms with Crippen LogP contribution in [-0.2, 0) is 0 Å². The van der Waals surface area contributed by atoms with E-state index in [4.69, 9.17) is 9.47 Å². The lowest BCUT2D eigenvalue weighted by Crippen LogP contribution is -2.38. The third-order valence-corrected chi connectivity index (χ3v) is 3.82. The van der Waals surface area contributed by atoms with Crippen LogP contribution in [-0.4, -0.2) is 44.9 Å². The smallest absolute Gasteiger partial charge is 0.191 e. The van der Waals surface area contributed by atoms with Crippen molar-refractivity contribution in [3.63, 3.8) is 0 Å². The van der Waals surface area contributed by atoms with E-state index in [9.17, 15) is 5.11 Å². The molecule has 1 aliphatic rings. The maximum atomic E-state index is 10.5. The van der Waals surface area contributed by atoms with Crippen LogP contribution < -0.4 is 20.1 Å². The van der Waals surface area contributed by atoms with Gasteiger partial charge in [-0.1, -0.05) is 0 Å². The lowest BCUT2D eigenvalue weighted by molar-refractivity contribution is 0.182. The van der Waals surface area contributed by atoms with Crippen molar-refractivity contribution >= 4 is 5.96 Å². The Balaban J connectivity index is 2.02. The Kier molecular flexibility index (Phi) is 6.52. The highest BCUT2D eigenvalue weighted by atomic mass is 16.5. The molecule has 0 saturated heterocycles. The minimum absolute atomic E-state index is 0.253. The van der Waals surface area contributed by atoms with Gasteiger partial charge < -0.3 is 25.2 Å². The first kappa shape index (κ1) is 17.4. The predicted molar refractivity (Wildman–Crippen MR) is 91.2 cm³/mol. The first-order valence-corrected chi connectivity index (χ1v) is 8.10. The van der Waals surface area contributed by atoms with Crippen molar-refractivity contribution in [3.8, 4) is 11.5 Å². The van der Waals surface area contributed by atoms with Crippen LogP contribution in [0.25, 0.3) is 0 Å². The van der Waals surface area contributed by atoms with E-state index in [0.29, 0.717) is 17.1 Å². The number of hydrogen-bond donors (Lipinski definition) is 3. The van der Waals surface area contributed by atoms with Crippen LogP contribution in [0.2, 0.25) is 0 Å². The van der Waals surface area contributed by atoms with Gasteiger partial charge in [-0.05, 0) is 43.9 Å². The molecular formula is C17H27N3O3. The van der Waals surface area contributed by atoms with E-state index in [1.54, 1.807) is 32.4 Å². The number of aliphatic hydroxyl groups is 1. The van der Waals surface area contributed by atoms with Gasteiger partial charge in [-0.25, -0.2) is 0 Å². The molecule has 1 aliphatic carbocycles. The van der Waals surface area contributed by atoms with Gasteiger partial charge in [0.25, 0.3) is 0 Å². The number of benzene rings is 1. The molecule has 6 nitrogen and oxygen atoms in total. The SMILES string of the molecule is CCNC(=NCC(O)c1cc(OC)ccc1OC)NCC1CC1. The van der Waals surface area contributed by atoms with Gasteiger partial charge in [0.2, 0.25) is 0 Å². The Bertz CT molecular complexity index is 530. The van der Waals surface area contributed by atoms with Gasteiger partial charge in [-0.2, -0.15) is 0 Å². The maximum absolute atomic E-state index is 10.5. The molecule has 0 radical (unpaired) electrons. The summed E-state index contributed by atoms with van der Waals surface area (Å²) in [6.45, 7) is 4.00. The van der Waals surface area contributed by atoms with Gasteiger partial charge in [-0.3, -0.25) is 4.99 Å². The summed E-state index contributed by atoms with van der Waals surface area (Å²) in [6, 6.07) is 5.38. The molecule has 1 unspecified atom stereocenters. The number of guanidine groups is 1. The van der Waals surface area contributed by atoms with Crippen LogP contribution in [0.5, 0.6) is 11.5 Å². The van der Waals surface area contributed by atoms with Crippen molar-refractivity contribution < 1.29 is 14.6 Å². The second kappa shape index (κ2) is 8.62. The summed E-state index contributed by atoms with van der Waals surface area (Å²) in [5.74, 6) is 2.81. The zero-order valence-corrected chi connectivity index (χ0v) is 14.1. The molecule has 1 fully saturated rings. The molecule has 1 aromatic rings. The highest BCUT2D eigenvalue weighted by Gasteiger charge is 2.21. The zero-order valence-electron chi connectivity index (χ0n) is 14.1. The third kappa shape index (κ3) is 5.32. The predicted octanol–water partition coefficient (Wildman–Crippen LogP) is 1.70. The van der Waals surface area contributed by atoms with Gasteiger partial charge in [0.05, 0.1) is 20.8 Å². The molecular weight excluding hydrogens is 294 g/mol. The average molecular weight is 321 g/mol. The largest absolute Gasteiger partial charge is 0.497 e. The number of aliphatic imine (C=N–C) groups is 1. The summed E-state index contributed by atoms with van der Waals surface area (Å²) in [5.41, 5.74) is 0.675. The highest BCUT2D eigenvalue weighted by Crippen LogP contribution is 2.29. The van der Waals surface area contributed by atoms with Crippen LogP contribution in [0, 0.1) is 5.92 Å². The molecule has 6 heteroatoms. The van der Waals surface area contributed by atoms with Crippen LogP contribution in [0.15, 0.2) is 23.2 Å². The molecule has 1 aromatic carbocycles. The summed E-state index contributed by atoms with van der Waals surface area (Å²) in [5, 5.41) is 17.0. The van der Waals surface area contributed by atoms with Crippen LogP contribution in [0.1, 0.15) is 31.4 Å². The summed E-state index contributed by atoms with van der Waals surface area (Å²) in [4.78, 5) is 4.47. The molecule has 0 aromatic heterocycles. The Labute approximate surface area is 137 Å². The molecule has 0 bridgehead atoms. The van der Waals surface area contributed by atoms with Gasteiger partial charge in [0, 0.05) is 18.7 Å². The van der Waals surface area contributed by atoms with Crippen molar-refractivity contribution in [2.45, 2.75) is 25.9 Å². The van der Waals surface area contributed by atoms with Crippen LogP contribution >= 0.6 is 0 Å². The van der Waals surface area contributed by atoms with E-state index in [-0.39, 0.29) is 6.54 Å². The monoisotopic (exact) mass is 321 g/mol. The second-order valence-corrected chi connectivity index (χ2v) is 5.67. The number of aliphatic hydroxyl groups excluding tert-OH is 1. The first-order chi connectivity index (χ1) is 11.2. The third-order valence-electron chi connectivity index (χ3n) is 3.82. The summed E-state index contributed by atoms with van der Waals surface area (Å²) >= 11 is 0. The maximum Gasteiger partial charge on any atom is 0.191 e. The summed E-state index contributed by atoms with van der Waals surface area (Å²) < 4.78 is 10.5. The molecule has 0 spiro atoms. The van der Waals surface area contributed by atoms with Gasteiger partial charge in [0.15, 0.2) is 5.96 Å². The van der Waals surface area contributed by atoms with Crippen molar-refractivity contribution in [3.05, 3.63) is 23.8 Å². The highest BCUT2D eigenvalue weighted by molar-refractivity contribution is 5.79. The Morgan fingerprint density at radius 2 is 2.09 bits per heavy atom. The fourth-order valence-corrected chi connectivity index (χ4v) is 2.28. The van der Waals surface area contributed by atoms with E-state index >= 15 is 0 Å². The molecule has 2 rings (SSSR count). The molecule has 23 heavy (non-hydrogen) atoms. The normalized spacial score (nSPS) is 15.9. The van der Waals surface area contributed by atoms with Crippen molar-refractivity contribution in [2.75, 3.05) is 33.9 Å². The molecule has 3 N–H and O–H groups in total. The Morgan fingerprint density at radius 3 is 2.70 bits per heavy atom. The Morgan fingerprint density at radius 1 is 1.30 bits per heavy atom. The van der Waals surface area contributed by atoms with Gasteiger partial charge >= 0.3 is 0 Å². The van der Waals surface area contributed by atoms with Crippen molar-refractivity contribution in [1.29, 1.82) is 0 Å². The molecule has 128 valence electrons. The molecule has 0 amide bonds. The average Bonchev–Trinajstić information content (AvgIpc) is 3.40. The molecule has 0 aliphatic heterocycles. The van der Waals surface area contributed by atoms with Crippen molar-refractivity contribution in [1.82, 2.24) is 10.6 Å². The fraction of sp³-hybridized carbons (Fsp3) is 0.588. The molecule has 1 saturated carbocycles. The number of nitrogens with zero attached hydrogens (tertiary/aromatic N) is 1. The number of ether oxygens (including phenoxy) is 2. The lowest BCUT2D eigenvalue weighted by atomic mass is 10.1. The number of nitrogens with one attached hydrogen (secondary N) is 2. The van der Waals surface area contributed by atoms with E-state index < -0.39 is 6.10 Å². The Hall–Kier alpha value is -1.95.